The van der Waals surface area contributed by atoms with E-state index in [9.17, 15) is 9.00 Å². The molecule has 0 aromatic carbocycles. The highest BCUT2D eigenvalue weighted by atomic mass is 32.2. The maximum Gasteiger partial charge on any atom is 0.317 e. The predicted molar refractivity (Wildman–Crippen MR) is 77.8 cm³/mol. The number of nitrogens with zero attached hydrogens (tertiary/aromatic N) is 1. The van der Waals surface area contributed by atoms with Gasteiger partial charge >= 0.3 is 6.03 Å². The van der Waals surface area contributed by atoms with Crippen LogP contribution in [0.2, 0.25) is 0 Å². The number of amides is 2. The summed E-state index contributed by atoms with van der Waals surface area (Å²) in [6.45, 7) is 8.47. The van der Waals surface area contributed by atoms with Gasteiger partial charge in [-0.15, -0.1) is 0 Å². The van der Waals surface area contributed by atoms with Crippen LogP contribution in [0.25, 0.3) is 0 Å². The second-order valence-corrected chi connectivity index (χ2v) is 7.21. The van der Waals surface area contributed by atoms with Crippen molar-refractivity contribution < 1.29 is 13.7 Å². The van der Waals surface area contributed by atoms with Crippen molar-refractivity contribution in [3.05, 3.63) is 0 Å². The van der Waals surface area contributed by atoms with Gasteiger partial charge in [0.15, 0.2) is 0 Å². The number of rotatable bonds is 5. The van der Waals surface area contributed by atoms with Gasteiger partial charge in [-0.3, -0.25) is 4.21 Å². The third-order valence-electron chi connectivity index (χ3n) is 3.77. The Labute approximate surface area is 118 Å². The lowest BCUT2D eigenvalue weighted by molar-refractivity contribution is -0.0872. The van der Waals surface area contributed by atoms with E-state index >= 15 is 0 Å². The molecule has 3 atom stereocenters. The molecular formula is C13H26N2O3S. The molecule has 1 aliphatic heterocycles. The van der Waals surface area contributed by atoms with Gasteiger partial charge in [-0.1, -0.05) is 13.8 Å². The highest BCUT2D eigenvalue weighted by Gasteiger charge is 2.32. The summed E-state index contributed by atoms with van der Waals surface area (Å²) >= 11 is 0. The van der Waals surface area contributed by atoms with Gasteiger partial charge in [-0.2, -0.15) is 0 Å². The first-order chi connectivity index (χ1) is 8.88. The minimum absolute atomic E-state index is 0.0444. The van der Waals surface area contributed by atoms with Crippen LogP contribution >= 0.6 is 0 Å². The molecule has 1 saturated heterocycles. The van der Waals surface area contributed by atoms with Gasteiger partial charge in [0.1, 0.15) is 0 Å². The van der Waals surface area contributed by atoms with Crippen LogP contribution in [0.1, 0.15) is 33.6 Å². The van der Waals surface area contributed by atoms with Gasteiger partial charge in [0.25, 0.3) is 0 Å². The zero-order valence-electron chi connectivity index (χ0n) is 12.4. The SMILES string of the molecule is CC[C@]1(C)CN(C(=O)NCC[C@@H](C)[S@@](C)=O)CCO1. The minimum atomic E-state index is -0.829. The Kier molecular flexibility index (Phi) is 6.26. The van der Waals surface area contributed by atoms with Crippen molar-refractivity contribution in [1.29, 1.82) is 0 Å². The van der Waals surface area contributed by atoms with E-state index in [4.69, 9.17) is 4.74 Å². The van der Waals surface area contributed by atoms with Crippen molar-refractivity contribution in [2.75, 3.05) is 32.5 Å². The number of carbonyl (C=O) groups is 1. The Morgan fingerprint density at radius 2 is 2.26 bits per heavy atom. The summed E-state index contributed by atoms with van der Waals surface area (Å²) in [5.74, 6) is 0. The lowest BCUT2D eigenvalue weighted by Gasteiger charge is -2.39. The fraction of sp³-hybridized carbons (Fsp3) is 0.923. The Morgan fingerprint density at radius 1 is 1.58 bits per heavy atom. The first kappa shape index (κ1) is 16.4. The third kappa shape index (κ3) is 5.10. The van der Waals surface area contributed by atoms with Crippen LogP contribution in [0.5, 0.6) is 0 Å². The Hall–Kier alpha value is -0.620. The molecule has 0 aliphatic carbocycles. The monoisotopic (exact) mass is 290 g/mol. The largest absolute Gasteiger partial charge is 0.372 e. The molecule has 0 unspecified atom stereocenters. The first-order valence-electron chi connectivity index (χ1n) is 6.87. The fourth-order valence-corrected chi connectivity index (χ4v) is 2.43. The van der Waals surface area contributed by atoms with Crippen molar-refractivity contribution in [3.8, 4) is 0 Å². The average molecular weight is 290 g/mol. The number of carbonyl (C=O) groups excluding carboxylic acids is 1. The van der Waals surface area contributed by atoms with E-state index in [-0.39, 0.29) is 16.9 Å². The second kappa shape index (κ2) is 7.24. The summed E-state index contributed by atoms with van der Waals surface area (Å²) < 4.78 is 16.9. The number of urea groups is 1. The summed E-state index contributed by atoms with van der Waals surface area (Å²) in [7, 11) is -0.829. The van der Waals surface area contributed by atoms with Crippen molar-refractivity contribution >= 4 is 16.8 Å². The van der Waals surface area contributed by atoms with Crippen LogP contribution in [0.4, 0.5) is 4.79 Å². The first-order valence-corrected chi connectivity index (χ1v) is 8.49. The standard InChI is InChI=1S/C13H26N2O3S/c1-5-13(3)10-15(8-9-18-13)12(16)14-7-6-11(2)19(4)17/h11H,5-10H2,1-4H3,(H,14,16)/t11-,13-,19-/m1/s1. The summed E-state index contributed by atoms with van der Waals surface area (Å²) in [4.78, 5) is 13.8. The molecule has 19 heavy (non-hydrogen) atoms. The molecule has 6 heteroatoms. The van der Waals surface area contributed by atoms with E-state index < -0.39 is 10.8 Å². The van der Waals surface area contributed by atoms with Crippen LogP contribution < -0.4 is 5.32 Å². The summed E-state index contributed by atoms with van der Waals surface area (Å²) in [5, 5.41) is 3.01. The van der Waals surface area contributed by atoms with E-state index in [1.54, 1.807) is 11.2 Å². The lowest BCUT2D eigenvalue weighted by atomic mass is 10.0. The van der Waals surface area contributed by atoms with E-state index in [1.165, 1.54) is 0 Å². The molecule has 2 amide bonds. The smallest absolute Gasteiger partial charge is 0.317 e. The van der Waals surface area contributed by atoms with E-state index in [1.807, 2.05) is 13.8 Å². The van der Waals surface area contributed by atoms with Crippen LogP contribution in [0.15, 0.2) is 0 Å². The number of nitrogens with one attached hydrogen (secondary N) is 1. The number of hydrogen-bond acceptors (Lipinski definition) is 3. The van der Waals surface area contributed by atoms with Crippen LogP contribution in [0.3, 0.4) is 0 Å². The number of ether oxygens (including phenoxy) is 1. The quantitative estimate of drug-likeness (QED) is 0.831. The molecule has 0 spiro atoms. The van der Waals surface area contributed by atoms with Crippen molar-refractivity contribution in [1.82, 2.24) is 10.2 Å². The Balaban J connectivity index is 2.35. The predicted octanol–water partition coefficient (Wildman–Crippen LogP) is 1.35. The van der Waals surface area contributed by atoms with E-state index in [2.05, 4.69) is 12.2 Å². The maximum absolute atomic E-state index is 12.0. The van der Waals surface area contributed by atoms with Gasteiger partial charge in [-0.05, 0) is 19.8 Å². The topological polar surface area (TPSA) is 58.6 Å². The Morgan fingerprint density at radius 3 is 2.84 bits per heavy atom. The molecule has 0 aromatic rings. The molecule has 1 fully saturated rings. The van der Waals surface area contributed by atoms with Gasteiger partial charge in [0.2, 0.25) is 0 Å². The van der Waals surface area contributed by atoms with E-state index in [0.29, 0.717) is 26.2 Å². The minimum Gasteiger partial charge on any atom is -0.372 e. The highest BCUT2D eigenvalue weighted by molar-refractivity contribution is 7.84. The number of morpholine rings is 1. The third-order valence-corrected chi connectivity index (χ3v) is 5.13. The molecule has 0 aromatic heterocycles. The maximum atomic E-state index is 12.0. The number of hydrogen-bond donors (Lipinski definition) is 1. The van der Waals surface area contributed by atoms with E-state index in [0.717, 1.165) is 12.8 Å². The van der Waals surface area contributed by atoms with Gasteiger partial charge in [-0.25, -0.2) is 4.79 Å². The second-order valence-electron chi connectivity index (χ2n) is 5.40. The molecular weight excluding hydrogens is 264 g/mol. The zero-order chi connectivity index (χ0) is 14.5. The molecule has 0 radical (unpaired) electrons. The lowest BCUT2D eigenvalue weighted by Crippen LogP contribution is -2.54. The zero-order valence-corrected chi connectivity index (χ0v) is 13.2. The average Bonchev–Trinajstić information content (AvgIpc) is 2.38. The van der Waals surface area contributed by atoms with Crippen molar-refractivity contribution in [3.63, 3.8) is 0 Å². The van der Waals surface area contributed by atoms with Gasteiger partial charge in [0.05, 0.1) is 18.8 Å². The van der Waals surface area contributed by atoms with Gasteiger partial charge in [0, 0.05) is 35.4 Å². The summed E-state index contributed by atoms with van der Waals surface area (Å²) in [6, 6.07) is -0.0444. The van der Waals surface area contributed by atoms with Crippen LogP contribution in [-0.4, -0.2) is 58.5 Å². The molecule has 1 N–H and O–H groups in total. The Bertz CT molecular complexity index is 338. The van der Waals surface area contributed by atoms with Crippen molar-refractivity contribution in [2.24, 2.45) is 0 Å². The molecule has 1 rings (SSSR count). The summed E-state index contributed by atoms with van der Waals surface area (Å²) in [5.41, 5.74) is -0.228. The molecule has 0 saturated carbocycles. The molecule has 1 heterocycles. The summed E-state index contributed by atoms with van der Waals surface area (Å²) in [6.07, 6.45) is 3.33. The molecule has 5 nitrogen and oxygen atoms in total. The highest BCUT2D eigenvalue weighted by Crippen LogP contribution is 2.20. The molecule has 0 bridgehead atoms. The van der Waals surface area contributed by atoms with Crippen molar-refractivity contribution in [2.45, 2.75) is 44.5 Å². The molecule has 112 valence electrons. The fourth-order valence-electron chi connectivity index (χ4n) is 1.98. The molecule has 1 aliphatic rings. The van der Waals surface area contributed by atoms with Gasteiger partial charge < -0.3 is 15.0 Å². The van der Waals surface area contributed by atoms with Crippen LogP contribution in [0, 0.1) is 0 Å². The van der Waals surface area contributed by atoms with Crippen LogP contribution in [-0.2, 0) is 15.5 Å². The normalized spacial score (nSPS) is 26.8.